The maximum Gasteiger partial charge on any atom is 0.247 e. The fourth-order valence-electron chi connectivity index (χ4n) is 2.50. The van der Waals surface area contributed by atoms with Gasteiger partial charge in [-0.3, -0.25) is 14.4 Å². The molecule has 1 saturated heterocycles. The van der Waals surface area contributed by atoms with Crippen molar-refractivity contribution in [1.82, 2.24) is 0 Å². The molecular formula is C18H14ClFN2O3S. The molecule has 3 rings (SSSR count). The molecule has 8 heteroatoms. The van der Waals surface area contributed by atoms with Gasteiger partial charge in [0.2, 0.25) is 17.7 Å². The second-order valence-electron chi connectivity index (χ2n) is 5.60. The summed E-state index contributed by atoms with van der Waals surface area (Å²) in [6.07, 6.45) is 0.0377. The summed E-state index contributed by atoms with van der Waals surface area (Å²) in [5, 5.41) is 2.51. The average Bonchev–Trinajstić information content (AvgIpc) is 2.90. The van der Waals surface area contributed by atoms with E-state index in [0.717, 1.165) is 16.7 Å². The van der Waals surface area contributed by atoms with Gasteiger partial charge in [0.15, 0.2) is 0 Å². The first kappa shape index (κ1) is 18.4. The van der Waals surface area contributed by atoms with E-state index in [-0.39, 0.29) is 29.9 Å². The molecule has 2 aromatic rings. The van der Waals surface area contributed by atoms with Gasteiger partial charge < -0.3 is 5.32 Å². The third-order valence-electron chi connectivity index (χ3n) is 3.73. The minimum absolute atomic E-state index is 0.00945. The number of imide groups is 1. The van der Waals surface area contributed by atoms with Crippen LogP contribution in [0, 0.1) is 5.82 Å². The second-order valence-corrected chi connectivity index (χ2v) is 7.23. The number of nitrogens with zero attached hydrogens (tertiary/aromatic N) is 1. The van der Waals surface area contributed by atoms with Crippen molar-refractivity contribution in [3.05, 3.63) is 59.4 Å². The Morgan fingerprint density at radius 3 is 2.46 bits per heavy atom. The zero-order valence-electron chi connectivity index (χ0n) is 13.4. The first-order valence-electron chi connectivity index (χ1n) is 7.73. The van der Waals surface area contributed by atoms with Gasteiger partial charge >= 0.3 is 0 Å². The lowest BCUT2D eigenvalue weighted by molar-refractivity contribution is -0.121. The number of halogens is 2. The number of carbonyl (C=O) groups excluding carboxylic acids is 3. The largest absolute Gasteiger partial charge is 0.325 e. The lowest BCUT2D eigenvalue weighted by Gasteiger charge is -2.15. The molecule has 1 N–H and O–H groups in total. The molecule has 1 aliphatic heterocycles. The van der Waals surface area contributed by atoms with Gasteiger partial charge in [0.1, 0.15) is 5.82 Å². The fraction of sp³-hybridized carbons (Fsp3) is 0.167. The van der Waals surface area contributed by atoms with Crippen LogP contribution < -0.4 is 10.2 Å². The van der Waals surface area contributed by atoms with Gasteiger partial charge in [0.25, 0.3) is 0 Å². The number of thioether (sulfide) groups is 1. The Morgan fingerprint density at radius 1 is 1.15 bits per heavy atom. The summed E-state index contributed by atoms with van der Waals surface area (Å²) in [6.45, 7) is 0. The van der Waals surface area contributed by atoms with Crippen LogP contribution in [0.25, 0.3) is 0 Å². The number of amides is 3. The van der Waals surface area contributed by atoms with Crippen LogP contribution >= 0.6 is 23.4 Å². The van der Waals surface area contributed by atoms with E-state index in [1.807, 2.05) is 0 Å². The van der Waals surface area contributed by atoms with E-state index in [0.29, 0.717) is 16.4 Å². The van der Waals surface area contributed by atoms with Gasteiger partial charge in [-0.2, -0.15) is 0 Å². The average molecular weight is 393 g/mol. The highest BCUT2D eigenvalue weighted by Crippen LogP contribution is 2.30. The topological polar surface area (TPSA) is 66.5 Å². The van der Waals surface area contributed by atoms with Gasteiger partial charge in [0.05, 0.1) is 16.7 Å². The van der Waals surface area contributed by atoms with Crippen molar-refractivity contribution in [2.24, 2.45) is 0 Å². The van der Waals surface area contributed by atoms with Crippen molar-refractivity contribution in [1.29, 1.82) is 0 Å². The Balaban J connectivity index is 1.57. The molecule has 134 valence electrons. The van der Waals surface area contributed by atoms with E-state index >= 15 is 0 Å². The van der Waals surface area contributed by atoms with Crippen LogP contribution in [-0.4, -0.2) is 28.7 Å². The standard InChI is InChI=1S/C18H14ClFN2O3S/c19-11-1-7-14(8-2-11)22-17(24)9-15(18(22)25)26-10-16(23)21-13-5-3-12(20)4-6-13/h1-8,15H,9-10H2,(H,21,23)/t15-/m1/s1. The number of nitrogens with one attached hydrogen (secondary N) is 1. The summed E-state index contributed by atoms with van der Waals surface area (Å²) in [7, 11) is 0. The van der Waals surface area contributed by atoms with E-state index in [4.69, 9.17) is 11.6 Å². The predicted molar refractivity (Wildman–Crippen MR) is 99.8 cm³/mol. The van der Waals surface area contributed by atoms with E-state index < -0.39 is 11.1 Å². The van der Waals surface area contributed by atoms with Crippen molar-refractivity contribution in [2.45, 2.75) is 11.7 Å². The highest BCUT2D eigenvalue weighted by atomic mass is 35.5. The fourth-order valence-corrected chi connectivity index (χ4v) is 3.56. The zero-order chi connectivity index (χ0) is 18.7. The SMILES string of the molecule is O=C(CS[C@@H]1CC(=O)N(c2ccc(Cl)cc2)C1=O)Nc1ccc(F)cc1. The molecule has 3 amide bonds. The van der Waals surface area contributed by atoms with Crippen LogP contribution in [0.4, 0.5) is 15.8 Å². The molecular weight excluding hydrogens is 379 g/mol. The number of benzene rings is 2. The van der Waals surface area contributed by atoms with Crippen LogP contribution in [-0.2, 0) is 14.4 Å². The van der Waals surface area contributed by atoms with Crippen LogP contribution in [0.15, 0.2) is 48.5 Å². The van der Waals surface area contributed by atoms with Crippen LogP contribution in [0.3, 0.4) is 0 Å². The Kier molecular flexibility index (Phi) is 5.58. The van der Waals surface area contributed by atoms with Crippen molar-refractivity contribution >= 4 is 52.5 Å². The van der Waals surface area contributed by atoms with Crippen LogP contribution in [0.5, 0.6) is 0 Å². The molecule has 26 heavy (non-hydrogen) atoms. The quantitative estimate of drug-likeness (QED) is 0.791. The minimum atomic E-state index is -0.614. The van der Waals surface area contributed by atoms with Crippen molar-refractivity contribution in [3.63, 3.8) is 0 Å². The van der Waals surface area contributed by atoms with E-state index in [1.165, 1.54) is 24.3 Å². The Morgan fingerprint density at radius 2 is 1.81 bits per heavy atom. The molecule has 1 aliphatic rings. The first-order valence-corrected chi connectivity index (χ1v) is 9.16. The third-order valence-corrected chi connectivity index (χ3v) is 5.19. The predicted octanol–water partition coefficient (Wildman–Crippen LogP) is 3.48. The van der Waals surface area contributed by atoms with E-state index in [9.17, 15) is 18.8 Å². The Labute approximate surface area is 158 Å². The monoisotopic (exact) mass is 392 g/mol. The lowest BCUT2D eigenvalue weighted by atomic mass is 10.3. The second kappa shape index (κ2) is 7.88. The summed E-state index contributed by atoms with van der Waals surface area (Å²) in [5.74, 6) is -1.37. The smallest absolute Gasteiger partial charge is 0.247 e. The molecule has 5 nitrogen and oxygen atoms in total. The van der Waals surface area contributed by atoms with Crippen molar-refractivity contribution in [2.75, 3.05) is 16.0 Å². The molecule has 0 aliphatic carbocycles. The number of rotatable bonds is 5. The molecule has 0 radical (unpaired) electrons. The maximum absolute atomic E-state index is 12.9. The summed E-state index contributed by atoms with van der Waals surface area (Å²) in [5.41, 5.74) is 0.928. The number of hydrogen-bond acceptors (Lipinski definition) is 4. The maximum atomic E-state index is 12.9. The highest BCUT2D eigenvalue weighted by Gasteiger charge is 2.40. The molecule has 2 aromatic carbocycles. The summed E-state index contributed by atoms with van der Waals surface area (Å²) in [6, 6.07) is 11.8. The highest BCUT2D eigenvalue weighted by molar-refractivity contribution is 8.01. The number of hydrogen-bond donors (Lipinski definition) is 1. The normalized spacial score (nSPS) is 16.8. The summed E-state index contributed by atoms with van der Waals surface area (Å²) >= 11 is 6.93. The molecule has 0 aromatic heterocycles. The van der Waals surface area contributed by atoms with Crippen LogP contribution in [0.2, 0.25) is 5.02 Å². The van der Waals surface area contributed by atoms with Gasteiger partial charge in [-0.15, -0.1) is 11.8 Å². The number of carbonyl (C=O) groups is 3. The van der Waals surface area contributed by atoms with Crippen molar-refractivity contribution in [3.8, 4) is 0 Å². The zero-order valence-corrected chi connectivity index (χ0v) is 15.0. The van der Waals surface area contributed by atoms with E-state index in [1.54, 1.807) is 24.3 Å². The molecule has 0 spiro atoms. The lowest BCUT2D eigenvalue weighted by Crippen LogP contribution is -2.31. The first-order chi connectivity index (χ1) is 12.4. The molecule has 0 bridgehead atoms. The number of anilines is 2. The van der Waals surface area contributed by atoms with Crippen LogP contribution in [0.1, 0.15) is 6.42 Å². The van der Waals surface area contributed by atoms with Crippen molar-refractivity contribution < 1.29 is 18.8 Å². The molecule has 1 fully saturated rings. The van der Waals surface area contributed by atoms with Gasteiger partial charge in [-0.25, -0.2) is 9.29 Å². The summed E-state index contributed by atoms with van der Waals surface area (Å²) < 4.78 is 12.9. The molecule has 1 atom stereocenters. The molecule has 1 heterocycles. The Hall–Kier alpha value is -2.38. The molecule has 0 saturated carbocycles. The summed E-state index contributed by atoms with van der Waals surface area (Å²) in [4.78, 5) is 37.8. The third kappa shape index (κ3) is 4.23. The van der Waals surface area contributed by atoms with Gasteiger partial charge in [-0.1, -0.05) is 11.6 Å². The molecule has 0 unspecified atom stereocenters. The minimum Gasteiger partial charge on any atom is -0.325 e. The van der Waals surface area contributed by atoms with E-state index in [2.05, 4.69) is 5.32 Å². The van der Waals surface area contributed by atoms with Gasteiger partial charge in [0, 0.05) is 17.1 Å². The Bertz CT molecular complexity index is 843. The van der Waals surface area contributed by atoms with Gasteiger partial charge in [-0.05, 0) is 48.5 Å².